The summed E-state index contributed by atoms with van der Waals surface area (Å²) in [6, 6.07) is -0.297. The summed E-state index contributed by atoms with van der Waals surface area (Å²) < 4.78 is 50.7. The molecule has 0 radical (unpaired) electrons. The fraction of sp³-hybridized carbons (Fsp3) is 0.652. The smallest absolute Gasteiger partial charge is 0.329 e. The number of aromatic nitrogens is 2. The normalized spacial score (nSPS) is 23.3. The Hall–Kier alpha value is -2.53. The first-order chi connectivity index (χ1) is 16.2. The fourth-order valence-electron chi connectivity index (χ4n) is 5.80. The first-order valence-corrected chi connectivity index (χ1v) is 11.7. The lowest BCUT2D eigenvalue weighted by Crippen LogP contribution is -2.45. The quantitative estimate of drug-likeness (QED) is 0.583. The van der Waals surface area contributed by atoms with Crippen LogP contribution >= 0.6 is 0 Å². The summed E-state index contributed by atoms with van der Waals surface area (Å²) >= 11 is 0. The summed E-state index contributed by atoms with van der Waals surface area (Å²) in [4.78, 5) is 28.8. The molecule has 11 heteroatoms. The van der Waals surface area contributed by atoms with Gasteiger partial charge in [0, 0.05) is 25.0 Å². The highest BCUT2D eigenvalue weighted by Gasteiger charge is 2.45. The van der Waals surface area contributed by atoms with Crippen molar-refractivity contribution in [2.45, 2.75) is 69.1 Å². The zero-order valence-corrected chi connectivity index (χ0v) is 18.8. The second-order valence-electron chi connectivity index (χ2n) is 9.74. The monoisotopic (exact) mass is 483 g/mol. The van der Waals surface area contributed by atoms with Gasteiger partial charge >= 0.3 is 5.69 Å². The van der Waals surface area contributed by atoms with Crippen LogP contribution in [0.3, 0.4) is 0 Å². The number of aliphatic hydroxyl groups is 2. The molecule has 34 heavy (non-hydrogen) atoms. The van der Waals surface area contributed by atoms with Gasteiger partial charge in [-0.1, -0.05) is 12.8 Å². The van der Waals surface area contributed by atoms with Crippen molar-refractivity contribution in [1.29, 1.82) is 0 Å². The average molecular weight is 483 g/mol. The molecule has 2 aromatic rings. The number of fused-ring (bicyclic) bond motifs is 1. The average Bonchev–Trinajstić information content (AvgIpc) is 3.32. The van der Waals surface area contributed by atoms with Crippen molar-refractivity contribution < 1.29 is 28.1 Å². The molecular weight excluding hydrogens is 455 g/mol. The highest BCUT2D eigenvalue weighted by Crippen LogP contribution is 2.47. The van der Waals surface area contributed by atoms with Gasteiger partial charge in [0.25, 0.3) is 12.0 Å². The molecule has 0 amide bonds. The number of H-pyrrole nitrogens is 1. The molecule has 2 atom stereocenters. The minimum absolute atomic E-state index is 0.113. The van der Waals surface area contributed by atoms with Gasteiger partial charge in [-0.3, -0.25) is 14.3 Å². The molecule has 3 N–H and O–H groups in total. The van der Waals surface area contributed by atoms with E-state index in [2.05, 4.69) is 0 Å². The van der Waals surface area contributed by atoms with Crippen LogP contribution in [0.15, 0.2) is 9.59 Å². The maximum absolute atomic E-state index is 15.7. The minimum Gasteiger partial charge on any atom is -0.492 e. The Morgan fingerprint density at radius 1 is 1.18 bits per heavy atom. The number of alkyl halides is 2. The molecule has 1 aliphatic heterocycles. The molecular formula is C23H28F3N3O5. The maximum Gasteiger partial charge on any atom is 0.329 e. The minimum atomic E-state index is -3.30. The lowest BCUT2D eigenvalue weighted by atomic mass is 9.85. The molecule has 0 bridgehead atoms. The Morgan fingerprint density at radius 3 is 2.44 bits per heavy atom. The number of halogens is 3. The number of nitrogens with one attached hydrogen (secondary N) is 1. The van der Waals surface area contributed by atoms with Gasteiger partial charge in [0.05, 0.1) is 29.8 Å². The van der Waals surface area contributed by atoms with Crippen LogP contribution in [0.5, 0.6) is 5.75 Å². The van der Waals surface area contributed by atoms with Crippen molar-refractivity contribution in [1.82, 2.24) is 9.55 Å². The molecule has 8 nitrogen and oxygen atoms in total. The second-order valence-corrected chi connectivity index (χ2v) is 9.74. The van der Waals surface area contributed by atoms with Crippen LogP contribution in [0.4, 0.5) is 18.9 Å². The Labute approximate surface area is 193 Å². The second kappa shape index (κ2) is 8.30. The lowest BCUT2D eigenvalue weighted by molar-refractivity contribution is -0.0922. The van der Waals surface area contributed by atoms with Gasteiger partial charge in [0.2, 0.25) is 0 Å². The van der Waals surface area contributed by atoms with Crippen molar-refractivity contribution in [3.05, 3.63) is 32.2 Å². The van der Waals surface area contributed by atoms with E-state index in [1.165, 1.54) is 16.6 Å². The van der Waals surface area contributed by atoms with E-state index in [1.54, 1.807) is 0 Å². The molecule has 1 aromatic carbocycles. The number of hydrogen-bond acceptors (Lipinski definition) is 6. The van der Waals surface area contributed by atoms with E-state index in [9.17, 15) is 28.6 Å². The predicted octanol–water partition coefficient (Wildman–Crippen LogP) is 2.60. The van der Waals surface area contributed by atoms with Crippen molar-refractivity contribution in [3.8, 4) is 5.75 Å². The number of hydrogen-bond donors (Lipinski definition) is 3. The third kappa shape index (κ3) is 3.51. The summed E-state index contributed by atoms with van der Waals surface area (Å²) in [5.74, 6) is -1.83. The number of aliphatic hydroxyl groups excluding tert-OH is 1. The highest BCUT2D eigenvalue weighted by atomic mass is 19.3. The summed E-state index contributed by atoms with van der Waals surface area (Å²) in [5.41, 5.74) is -4.51. The van der Waals surface area contributed by atoms with E-state index in [0.29, 0.717) is 32.1 Å². The molecule has 2 heterocycles. The van der Waals surface area contributed by atoms with Crippen LogP contribution in [0, 0.1) is 11.7 Å². The molecule has 3 aliphatic rings. The third-order valence-electron chi connectivity index (χ3n) is 7.63. The zero-order valence-electron chi connectivity index (χ0n) is 18.8. The van der Waals surface area contributed by atoms with Crippen LogP contribution in [-0.2, 0) is 0 Å². The van der Waals surface area contributed by atoms with Crippen LogP contribution in [0.2, 0.25) is 0 Å². The summed E-state index contributed by atoms with van der Waals surface area (Å²) in [6.45, 7) is 0.345. The van der Waals surface area contributed by atoms with E-state index in [0.717, 1.165) is 12.8 Å². The molecule has 1 saturated heterocycles. The molecule has 1 aromatic heterocycles. The number of methoxy groups -OCH3 is 1. The van der Waals surface area contributed by atoms with Gasteiger partial charge in [-0.05, 0) is 32.1 Å². The number of ether oxygens (including phenoxy) is 1. The predicted molar refractivity (Wildman–Crippen MR) is 118 cm³/mol. The Kier molecular flexibility index (Phi) is 5.67. The highest BCUT2D eigenvalue weighted by molar-refractivity contribution is 5.94. The largest absolute Gasteiger partial charge is 0.492 e. The fourth-order valence-corrected chi connectivity index (χ4v) is 5.80. The molecule has 2 unspecified atom stereocenters. The van der Waals surface area contributed by atoms with E-state index < -0.39 is 52.1 Å². The maximum atomic E-state index is 15.7. The number of benzene rings is 1. The molecule has 2 aliphatic carbocycles. The molecule has 3 fully saturated rings. The standard InChI is InChI=1S/C23H28F3N3O5/c1-34-18-16-14(21(31)27-22(32)29(16)12-4-5-12)13(20(25)26)15(24)17(18)28-9-6-11(10-28)19(30)23(33)7-2-3-8-23/h11-12,19-20,30,33H,2-10H2,1H3,(H,27,31,32). The van der Waals surface area contributed by atoms with Gasteiger partial charge in [-0.25, -0.2) is 18.0 Å². The molecule has 2 saturated carbocycles. The Morgan fingerprint density at radius 2 is 1.85 bits per heavy atom. The van der Waals surface area contributed by atoms with Gasteiger partial charge in [0.15, 0.2) is 11.6 Å². The van der Waals surface area contributed by atoms with Gasteiger partial charge < -0.3 is 19.8 Å². The number of rotatable bonds is 6. The Balaban J connectivity index is 1.67. The van der Waals surface area contributed by atoms with Crippen LogP contribution in [0.1, 0.15) is 63.0 Å². The van der Waals surface area contributed by atoms with Crippen LogP contribution < -0.4 is 20.9 Å². The zero-order chi connectivity index (χ0) is 24.4. The lowest BCUT2D eigenvalue weighted by Gasteiger charge is -2.33. The van der Waals surface area contributed by atoms with E-state index in [-0.39, 0.29) is 36.1 Å². The number of aromatic amines is 1. The van der Waals surface area contributed by atoms with E-state index in [4.69, 9.17) is 4.74 Å². The summed E-state index contributed by atoms with van der Waals surface area (Å²) in [5, 5.41) is 21.1. The number of nitrogens with zero attached hydrogens (tertiary/aromatic N) is 2. The molecule has 186 valence electrons. The molecule has 5 rings (SSSR count). The molecule has 0 spiro atoms. The van der Waals surface area contributed by atoms with Crippen molar-refractivity contribution >= 4 is 16.6 Å². The summed E-state index contributed by atoms with van der Waals surface area (Å²) in [7, 11) is 1.24. The number of anilines is 1. The van der Waals surface area contributed by atoms with Gasteiger partial charge in [-0.2, -0.15) is 0 Å². The third-order valence-corrected chi connectivity index (χ3v) is 7.63. The van der Waals surface area contributed by atoms with Crippen molar-refractivity contribution in [2.75, 3.05) is 25.1 Å². The topological polar surface area (TPSA) is 108 Å². The van der Waals surface area contributed by atoms with Gasteiger partial charge in [0.1, 0.15) is 11.2 Å². The van der Waals surface area contributed by atoms with Crippen molar-refractivity contribution in [3.63, 3.8) is 0 Å². The van der Waals surface area contributed by atoms with Crippen LogP contribution in [0.25, 0.3) is 10.9 Å². The summed E-state index contributed by atoms with van der Waals surface area (Å²) in [6.07, 6.45) is -0.106. The van der Waals surface area contributed by atoms with E-state index >= 15 is 4.39 Å². The first kappa shape index (κ1) is 23.2. The Bertz CT molecular complexity index is 1230. The SMILES string of the molecule is COc1c(N2CCC(C(O)C3(O)CCCC3)C2)c(F)c(C(F)F)c2c(=O)[nH]c(=O)n(C3CC3)c12. The van der Waals surface area contributed by atoms with Gasteiger partial charge in [-0.15, -0.1) is 0 Å². The van der Waals surface area contributed by atoms with Crippen LogP contribution in [-0.4, -0.2) is 51.7 Å². The van der Waals surface area contributed by atoms with E-state index in [1.807, 2.05) is 4.98 Å². The van der Waals surface area contributed by atoms with Crippen molar-refractivity contribution in [2.24, 2.45) is 5.92 Å². The first-order valence-electron chi connectivity index (χ1n) is 11.7.